The van der Waals surface area contributed by atoms with Gasteiger partial charge >= 0.3 is 6.18 Å². The molecule has 21 heavy (non-hydrogen) atoms. The summed E-state index contributed by atoms with van der Waals surface area (Å²) in [6.45, 7) is -0.228. The summed E-state index contributed by atoms with van der Waals surface area (Å²) >= 11 is 0. The summed E-state index contributed by atoms with van der Waals surface area (Å²) in [4.78, 5) is 0. The normalized spacial score (nSPS) is 12.0. The minimum absolute atomic E-state index is 0.228. The highest BCUT2D eigenvalue weighted by Crippen LogP contribution is 2.30. The van der Waals surface area contributed by atoms with Crippen molar-refractivity contribution in [2.45, 2.75) is 12.8 Å². The van der Waals surface area contributed by atoms with Gasteiger partial charge in [-0.1, -0.05) is 18.2 Å². The molecule has 3 aromatic rings. The lowest BCUT2D eigenvalue weighted by Crippen LogP contribution is -2.05. The minimum Gasteiger partial charge on any atom is -0.390 e. The van der Waals surface area contributed by atoms with Gasteiger partial charge in [0.2, 0.25) is 0 Å². The molecule has 0 aliphatic carbocycles. The van der Waals surface area contributed by atoms with Crippen LogP contribution < -0.4 is 0 Å². The summed E-state index contributed by atoms with van der Waals surface area (Å²) in [6, 6.07) is 12.0. The summed E-state index contributed by atoms with van der Waals surface area (Å²) in [7, 11) is 0. The molecule has 1 heterocycles. The molecule has 2 aromatic carbocycles. The zero-order chi connectivity index (χ0) is 15.0. The Morgan fingerprint density at radius 1 is 1.00 bits per heavy atom. The number of aliphatic hydroxyl groups excluding tert-OH is 1. The molecular formula is C15H11F3N2O. The number of para-hydroxylation sites is 1. The Morgan fingerprint density at radius 3 is 2.29 bits per heavy atom. The van der Waals surface area contributed by atoms with Crippen LogP contribution in [0.3, 0.4) is 0 Å². The van der Waals surface area contributed by atoms with Crippen molar-refractivity contribution >= 4 is 10.9 Å². The molecule has 0 radical (unpaired) electrons. The van der Waals surface area contributed by atoms with Crippen molar-refractivity contribution in [3.8, 4) is 5.69 Å². The fraction of sp³-hybridized carbons (Fsp3) is 0.133. The molecule has 0 saturated heterocycles. The van der Waals surface area contributed by atoms with E-state index in [0.29, 0.717) is 11.4 Å². The van der Waals surface area contributed by atoms with Gasteiger partial charge in [-0.3, -0.25) is 0 Å². The maximum atomic E-state index is 12.6. The highest BCUT2D eigenvalue weighted by molar-refractivity contribution is 5.83. The highest BCUT2D eigenvalue weighted by atomic mass is 19.4. The monoisotopic (exact) mass is 292 g/mol. The Hall–Kier alpha value is -2.34. The van der Waals surface area contributed by atoms with Crippen LogP contribution in [0, 0.1) is 0 Å². The number of aromatic nitrogens is 2. The molecule has 0 aliphatic heterocycles. The molecule has 1 N–H and O–H groups in total. The number of benzene rings is 2. The van der Waals surface area contributed by atoms with E-state index in [2.05, 4.69) is 5.10 Å². The second kappa shape index (κ2) is 4.89. The fourth-order valence-electron chi connectivity index (χ4n) is 2.24. The van der Waals surface area contributed by atoms with Crippen LogP contribution in [0.15, 0.2) is 48.5 Å². The standard InChI is InChI=1S/C15H11F3N2O/c16-15(17,18)10-5-7-11(8-6-10)20-14-4-2-1-3-12(14)13(9-21)19-20/h1-8,21H,9H2. The van der Waals surface area contributed by atoms with Crippen LogP contribution >= 0.6 is 0 Å². The van der Waals surface area contributed by atoms with E-state index in [1.54, 1.807) is 6.07 Å². The lowest BCUT2D eigenvalue weighted by Gasteiger charge is -2.08. The number of rotatable bonds is 2. The summed E-state index contributed by atoms with van der Waals surface area (Å²) in [5.74, 6) is 0. The molecule has 1 aromatic heterocycles. The van der Waals surface area contributed by atoms with Gasteiger partial charge in [-0.2, -0.15) is 18.3 Å². The summed E-state index contributed by atoms with van der Waals surface area (Å²) in [5, 5.41) is 14.4. The summed E-state index contributed by atoms with van der Waals surface area (Å²) in [6.07, 6.45) is -4.36. The first-order valence-electron chi connectivity index (χ1n) is 6.26. The van der Waals surface area contributed by atoms with Crippen molar-refractivity contribution in [2.75, 3.05) is 0 Å². The largest absolute Gasteiger partial charge is 0.416 e. The molecule has 3 nitrogen and oxygen atoms in total. The SMILES string of the molecule is OCc1nn(-c2ccc(C(F)(F)F)cc2)c2ccccc12. The van der Waals surface area contributed by atoms with Crippen LogP contribution in [0.4, 0.5) is 13.2 Å². The van der Waals surface area contributed by atoms with Crippen LogP contribution in [-0.4, -0.2) is 14.9 Å². The molecule has 6 heteroatoms. The van der Waals surface area contributed by atoms with E-state index in [1.165, 1.54) is 16.8 Å². The number of aliphatic hydroxyl groups is 1. The Morgan fingerprint density at radius 2 is 1.67 bits per heavy atom. The predicted octanol–water partition coefficient (Wildman–Crippen LogP) is 3.54. The molecule has 3 rings (SSSR count). The minimum atomic E-state index is -4.36. The van der Waals surface area contributed by atoms with Crippen molar-refractivity contribution in [3.05, 3.63) is 59.8 Å². The third-order valence-electron chi connectivity index (χ3n) is 3.25. The van der Waals surface area contributed by atoms with Gasteiger partial charge in [0.05, 0.1) is 29.1 Å². The molecule has 0 fully saturated rings. The van der Waals surface area contributed by atoms with Crippen LogP contribution in [0.25, 0.3) is 16.6 Å². The third-order valence-corrected chi connectivity index (χ3v) is 3.25. The molecule has 0 atom stereocenters. The quantitative estimate of drug-likeness (QED) is 0.784. The zero-order valence-electron chi connectivity index (χ0n) is 10.8. The van der Waals surface area contributed by atoms with E-state index < -0.39 is 11.7 Å². The zero-order valence-corrected chi connectivity index (χ0v) is 10.8. The first-order valence-corrected chi connectivity index (χ1v) is 6.26. The lowest BCUT2D eigenvalue weighted by molar-refractivity contribution is -0.137. The van der Waals surface area contributed by atoms with E-state index in [9.17, 15) is 18.3 Å². The number of halogens is 3. The molecule has 0 unspecified atom stereocenters. The van der Waals surface area contributed by atoms with Gasteiger partial charge in [-0.15, -0.1) is 0 Å². The van der Waals surface area contributed by atoms with E-state index in [1.807, 2.05) is 18.2 Å². The lowest BCUT2D eigenvalue weighted by atomic mass is 10.2. The molecule has 0 amide bonds. The van der Waals surface area contributed by atoms with Gasteiger partial charge in [-0.05, 0) is 30.3 Å². The van der Waals surface area contributed by atoms with Crippen molar-refractivity contribution in [1.82, 2.24) is 9.78 Å². The topological polar surface area (TPSA) is 38.1 Å². The number of nitrogens with zero attached hydrogens (tertiary/aromatic N) is 2. The summed E-state index contributed by atoms with van der Waals surface area (Å²) in [5.41, 5.74) is 1.04. The third kappa shape index (κ3) is 2.38. The van der Waals surface area contributed by atoms with E-state index in [0.717, 1.165) is 23.0 Å². The van der Waals surface area contributed by atoms with Gasteiger partial charge in [0.15, 0.2) is 0 Å². The molecule has 0 bridgehead atoms. The van der Waals surface area contributed by atoms with Crippen molar-refractivity contribution in [2.24, 2.45) is 0 Å². The van der Waals surface area contributed by atoms with E-state index in [4.69, 9.17) is 0 Å². The van der Waals surface area contributed by atoms with Gasteiger partial charge in [-0.25, -0.2) is 4.68 Å². The Labute approximate surface area is 118 Å². The van der Waals surface area contributed by atoms with Crippen LogP contribution in [-0.2, 0) is 12.8 Å². The highest BCUT2D eigenvalue weighted by Gasteiger charge is 2.30. The second-order valence-corrected chi connectivity index (χ2v) is 4.58. The predicted molar refractivity (Wildman–Crippen MR) is 72.0 cm³/mol. The van der Waals surface area contributed by atoms with E-state index in [-0.39, 0.29) is 6.61 Å². The average molecular weight is 292 g/mol. The van der Waals surface area contributed by atoms with Crippen LogP contribution in [0.1, 0.15) is 11.3 Å². The van der Waals surface area contributed by atoms with E-state index >= 15 is 0 Å². The molecule has 0 aliphatic rings. The van der Waals surface area contributed by atoms with Gasteiger partial charge < -0.3 is 5.11 Å². The van der Waals surface area contributed by atoms with Crippen molar-refractivity contribution in [1.29, 1.82) is 0 Å². The van der Waals surface area contributed by atoms with Crippen LogP contribution in [0.2, 0.25) is 0 Å². The van der Waals surface area contributed by atoms with Gasteiger partial charge in [0.1, 0.15) is 0 Å². The van der Waals surface area contributed by atoms with Crippen molar-refractivity contribution in [3.63, 3.8) is 0 Å². The molecular weight excluding hydrogens is 281 g/mol. The number of alkyl halides is 3. The number of hydrogen-bond donors (Lipinski definition) is 1. The van der Waals surface area contributed by atoms with Crippen molar-refractivity contribution < 1.29 is 18.3 Å². The summed E-state index contributed by atoms with van der Waals surface area (Å²) < 4.78 is 39.3. The Kier molecular flexibility index (Phi) is 3.17. The first-order chi connectivity index (χ1) is 10.0. The number of hydrogen-bond acceptors (Lipinski definition) is 2. The fourth-order valence-corrected chi connectivity index (χ4v) is 2.24. The van der Waals surface area contributed by atoms with Gasteiger partial charge in [0.25, 0.3) is 0 Å². The Balaban J connectivity index is 2.12. The maximum absolute atomic E-state index is 12.6. The average Bonchev–Trinajstić information content (AvgIpc) is 2.85. The smallest absolute Gasteiger partial charge is 0.390 e. The first kappa shape index (κ1) is 13.6. The maximum Gasteiger partial charge on any atom is 0.416 e. The van der Waals surface area contributed by atoms with Gasteiger partial charge in [0, 0.05) is 5.39 Å². The molecule has 0 spiro atoms. The number of fused-ring (bicyclic) bond motifs is 1. The molecule has 108 valence electrons. The second-order valence-electron chi connectivity index (χ2n) is 4.58. The molecule has 0 saturated carbocycles. The van der Waals surface area contributed by atoms with Crippen LogP contribution in [0.5, 0.6) is 0 Å². The Bertz CT molecular complexity index is 776.